The molecule has 3 nitrogen and oxygen atoms in total. The molecule has 0 aliphatic carbocycles. The number of rotatable bonds is 10. The fourth-order valence-corrected chi connectivity index (χ4v) is 3.98. The molecule has 0 fully saturated rings. The Morgan fingerprint density at radius 2 is 1.67 bits per heavy atom. The molecule has 0 atom stereocenters. The highest BCUT2D eigenvalue weighted by molar-refractivity contribution is 6.30. The molecule has 0 saturated carbocycles. The molecule has 3 aromatic carbocycles. The van der Waals surface area contributed by atoms with Gasteiger partial charge >= 0.3 is 0 Å². The lowest BCUT2D eigenvalue weighted by molar-refractivity contribution is 0.303. The predicted octanol–water partition coefficient (Wildman–Crippen LogP) is 7.83. The lowest BCUT2D eigenvalue weighted by Crippen LogP contribution is -1.99. The van der Waals surface area contributed by atoms with Gasteiger partial charge in [0, 0.05) is 16.0 Å². The molecule has 0 unspecified atom stereocenters. The van der Waals surface area contributed by atoms with Crippen molar-refractivity contribution in [3.8, 4) is 17.1 Å². The van der Waals surface area contributed by atoms with Gasteiger partial charge < -0.3 is 4.74 Å². The Kier molecular flexibility index (Phi) is 7.90. The quantitative estimate of drug-likeness (QED) is 0.225. The second-order valence-electron chi connectivity index (χ2n) is 8.25. The minimum atomic E-state index is -0.166. The number of hydrogen-bond donors (Lipinski definition) is 0. The maximum atomic E-state index is 15.2. The molecular formula is C28H28ClFN2O. The highest BCUT2D eigenvalue weighted by Gasteiger charge is 2.10. The summed E-state index contributed by atoms with van der Waals surface area (Å²) in [6.45, 7) is 2.87. The van der Waals surface area contributed by atoms with Crippen LogP contribution in [0, 0.1) is 5.82 Å². The first-order valence-corrected chi connectivity index (χ1v) is 11.9. The van der Waals surface area contributed by atoms with E-state index in [0.717, 1.165) is 29.4 Å². The van der Waals surface area contributed by atoms with E-state index in [2.05, 4.69) is 16.9 Å². The minimum absolute atomic E-state index is 0.166. The van der Waals surface area contributed by atoms with Crippen LogP contribution in [0.1, 0.15) is 43.7 Å². The van der Waals surface area contributed by atoms with Crippen LogP contribution in [0.25, 0.3) is 22.2 Å². The molecule has 4 rings (SSSR count). The van der Waals surface area contributed by atoms with Gasteiger partial charge in [-0.1, -0.05) is 74.2 Å². The summed E-state index contributed by atoms with van der Waals surface area (Å²) in [5, 5.41) is 2.15. The van der Waals surface area contributed by atoms with Gasteiger partial charge in [-0.2, -0.15) is 0 Å². The van der Waals surface area contributed by atoms with Gasteiger partial charge in [0.15, 0.2) is 11.6 Å². The monoisotopic (exact) mass is 462 g/mol. The average Bonchev–Trinajstić information content (AvgIpc) is 2.85. The van der Waals surface area contributed by atoms with E-state index in [4.69, 9.17) is 16.3 Å². The van der Waals surface area contributed by atoms with Crippen molar-refractivity contribution < 1.29 is 9.13 Å². The Balaban J connectivity index is 1.43. The fourth-order valence-electron chi connectivity index (χ4n) is 3.86. The number of aryl methyl sites for hydroxylation is 2. The maximum absolute atomic E-state index is 15.2. The second kappa shape index (κ2) is 11.2. The minimum Gasteiger partial charge on any atom is -0.490 e. The zero-order chi connectivity index (χ0) is 23.0. The van der Waals surface area contributed by atoms with Crippen molar-refractivity contribution in [1.29, 1.82) is 0 Å². The first-order chi connectivity index (χ1) is 16.1. The van der Waals surface area contributed by atoms with Crippen molar-refractivity contribution in [3.05, 3.63) is 89.0 Å². The van der Waals surface area contributed by atoms with Gasteiger partial charge in [0.05, 0.1) is 19.0 Å². The zero-order valence-corrected chi connectivity index (χ0v) is 19.6. The van der Waals surface area contributed by atoms with Gasteiger partial charge in [-0.25, -0.2) is 14.4 Å². The Bertz CT molecular complexity index is 1190. The average molecular weight is 463 g/mol. The van der Waals surface area contributed by atoms with Gasteiger partial charge in [0.2, 0.25) is 0 Å². The number of benzene rings is 3. The number of ether oxygens (including phenoxy) is 1. The Labute approximate surface area is 199 Å². The van der Waals surface area contributed by atoms with E-state index >= 15 is 4.39 Å². The van der Waals surface area contributed by atoms with Crippen LogP contribution in [-0.2, 0) is 12.8 Å². The van der Waals surface area contributed by atoms with E-state index in [1.165, 1.54) is 19.3 Å². The molecule has 0 aliphatic heterocycles. The first-order valence-electron chi connectivity index (χ1n) is 11.5. The molecule has 1 aromatic heterocycles. The van der Waals surface area contributed by atoms with E-state index in [9.17, 15) is 0 Å². The first kappa shape index (κ1) is 23.2. The van der Waals surface area contributed by atoms with Gasteiger partial charge in [-0.15, -0.1) is 0 Å². The van der Waals surface area contributed by atoms with E-state index in [0.29, 0.717) is 40.6 Å². The Hall–Kier alpha value is -2.98. The number of fused-ring (bicyclic) bond motifs is 1. The summed E-state index contributed by atoms with van der Waals surface area (Å²) in [4.78, 5) is 8.88. The van der Waals surface area contributed by atoms with Crippen LogP contribution in [0.4, 0.5) is 4.39 Å². The van der Waals surface area contributed by atoms with Crippen LogP contribution < -0.4 is 4.74 Å². The largest absolute Gasteiger partial charge is 0.490 e. The summed E-state index contributed by atoms with van der Waals surface area (Å²) in [7, 11) is 0. The van der Waals surface area contributed by atoms with Crippen LogP contribution in [0.15, 0.2) is 67.0 Å². The van der Waals surface area contributed by atoms with Crippen LogP contribution in [0.5, 0.6) is 5.75 Å². The standard InChI is InChI=1S/C28H28ClFN2O/c1-2-3-4-5-16-33-25-18-31-28(32-19-25)23-12-15-26-22(17-23)11-10-21(27(26)30)9-6-20-7-13-24(29)14-8-20/h7-8,10-15,17-19H,2-6,9,16H2,1H3. The highest BCUT2D eigenvalue weighted by Crippen LogP contribution is 2.27. The molecule has 0 aliphatic rings. The van der Waals surface area contributed by atoms with Gasteiger partial charge in [0.1, 0.15) is 5.82 Å². The third-order valence-corrected chi connectivity index (χ3v) is 6.04. The smallest absolute Gasteiger partial charge is 0.159 e. The fraction of sp³-hybridized carbons (Fsp3) is 0.286. The summed E-state index contributed by atoms with van der Waals surface area (Å²) in [6.07, 6.45) is 9.44. The third-order valence-electron chi connectivity index (χ3n) is 5.78. The molecule has 33 heavy (non-hydrogen) atoms. The number of unbranched alkanes of at least 4 members (excludes halogenated alkanes) is 3. The SMILES string of the molecule is CCCCCCOc1cnc(-c2ccc3c(F)c(CCc4ccc(Cl)cc4)ccc3c2)nc1. The summed E-state index contributed by atoms with van der Waals surface area (Å²) in [5.41, 5.74) is 2.70. The molecule has 0 saturated heterocycles. The molecule has 0 amide bonds. The molecule has 5 heteroatoms. The summed E-state index contributed by atoms with van der Waals surface area (Å²) < 4.78 is 20.9. The molecule has 170 valence electrons. The molecule has 0 bridgehead atoms. The Morgan fingerprint density at radius 1 is 0.879 bits per heavy atom. The molecule has 0 spiro atoms. The van der Waals surface area contributed by atoms with E-state index in [-0.39, 0.29) is 5.82 Å². The summed E-state index contributed by atoms with van der Waals surface area (Å²) in [6, 6.07) is 17.1. The molecule has 1 heterocycles. The van der Waals surface area contributed by atoms with Crippen LogP contribution in [0.3, 0.4) is 0 Å². The van der Waals surface area contributed by atoms with E-state index < -0.39 is 0 Å². The maximum Gasteiger partial charge on any atom is 0.159 e. The van der Waals surface area contributed by atoms with Crippen molar-refractivity contribution in [3.63, 3.8) is 0 Å². The zero-order valence-electron chi connectivity index (χ0n) is 18.9. The van der Waals surface area contributed by atoms with Crippen LogP contribution in [-0.4, -0.2) is 16.6 Å². The molecular weight excluding hydrogens is 435 g/mol. The summed E-state index contributed by atoms with van der Waals surface area (Å²) in [5.74, 6) is 1.11. The van der Waals surface area contributed by atoms with Crippen molar-refractivity contribution in [2.45, 2.75) is 45.4 Å². The van der Waals surface area contributed by atoms with E-state index in [1.807, 2.05) is 54.6 Å². The van der Waals surface area contributed by atoms with Crippen molar-refractivity contribution in [2.24, 2.45) is 0 Å². The third kappa shape index (κ3) is 6.08. The number of aromatic nitrogens is 2. The Morgan fingerprint density at radius 3 is 2.42 bits per heavy atom. The highest BCUT2D eigenvalue weighted by atomic mass is 35.5. The van der Waals surface area contributed by atoms with Gasteiger partial charge in [-0.05, 0) is 54.0 Å². The normalized spacial score (nSPS) is 11.1. The summed E-state index contributed by atoms with van der Waals surface area (Å²) >= 11 is 5.94. The number of nitrogens with zero attached hydrogens (tertiary/aromatic N) is 2. The number of hydrogen-bond acceptors (Lipinski definition) is 3. The van der Waals surface area contributed by atoms with E-state index in [1.54, 1.807) is 12.4 Å². The topological polar surface area (TPSA) is 35.0 Å². The van der Waals surface area contributed by atoms with Gasteiger partial charge in [-0.3, -0.25) is 0 Å². The lowest BCUT2D eigenvalue weighted by Gasteiger charge is -2.09. The molecule has 4 aromatic rings. The van der Waals surface area contributed by atoms with Crippen LogP contribution in [0.2, 0.25) is 5.02 Å². The van der Waals surface area contributed by atoms with Gasteiger partial charge in [0.25, 0.3) is 0 Å². The second-order valence-corrected chi connectivity index (χ2v) is 8.69. The molecule has 0 N–H and O–H groups in total. The molecule has 0 radical (unpaired) electrons. The van der Waals surface area contributed by atoms with Crippen LogP contribution >= 0.6 is 11.6 Å². The van der Waals surface area contributed by atoms with Crippen molar-refractivity contribution in [2.75, 3.05) is 6.61 Å². The predicted molar refractivity (Wildman–Crippen MR) is 133 cm³/mol. The number of halogens is 2. The van der Waals surface area contributed by atoms with Crippen molar-refractivity contribution in [1.82, 2.24) is 9.97 Å². The lowest BCUT2D eigenvalue weighted by atomic mass is 9.99. The van der Waals surface area contributed by atoms with Crippen molar-refractivity contribution >= 4 is 22.4 Å².